The zero-order chi connectivity index (χ0) is 9.84. The number of anilines is 1. The van der Waals surface area contributed by atoms with Gasteiger partial charge in [-0.3, -0.25) is 4.79 Å². The molecule has 0 spiro atoms. The van der Waals surface area contributed by atoms with Gasteiger partial charge in [0.25, 0.3) is 5.56 Å². The summed E-state index contributed by atoms with van der Waals surface area (Å²) in [5, 5.41) is 0. The molecule has 0 radical (unpaired) electrons. The third kappa shape index (κ3) is 2.21. The Hall–Kier alpha value is -1.03. The first-order valence-corrected chi connectivity index (χ1v) is 4.66. The van der Waals surface area contributed by atoms with Gasteiger partial charge < -0.3 is 10.7 Å². The third-order valence-electron chi connectivity index (χ3n) is 1.72. The van der Waals surface area contributed by atoms with Crippen LogP contribution in [-0.4, -0.2) is 9.97 Å². The fourth-order valence-electron chi connectivity index (χ4n) is 1.12. The summed E-state index contributed by atoms with van der Waals surface area (Å²) in [4.78, 5) is 17.9. The second kappa shape index (κ2) is 4.28. The average Bonchev–Trinajstić information content (AvgIpc) is 2.11. The van der Waals surface area contributed by atoms with E-state index in [0.717, 1.165) is 6.42 Å². The Kier molecular flexibility index (Phi) is 3.31. The minimum absolute atomic E-state index is 0.172. The van der Waals surface area contributed by atoms with Gasteiger partial charge in [-0.2, -0.15) is 0 Å². The van der Waals surface area contributed by atoms with E-state index in [0.29, 0.717) is 23.6 Å². The molecule has 5 heteroatoms. The van der Waals surface area contributed by atoms with Crippen molar-refractivity contribution in [3.8, 4) is 0 Å². The predicted molar refractivity (Wildman–Crippen MR) is 52.8 cm³/mol. The van der Waals surface area contributed by atoms with Crippen LogP contribution in [0.5, 0.6) is 0 Å². The van der Waals surface area contributed by atoms with Crippen molar-refractivity contribution in [1.82, 2.24) is 9.97 Å². The number of aromatic amines is 1. The summed E-state index contributed by atoms with van der Waals surface area (Å²) >= 11 is 5.51. The summed E-state index contributed by atoms with van der Waals surface area (Å²) in [6, 6.07) is 0. The van der Waals surface area contributed by atoms with Crippen molar-refractivity contribution in [2.24, 2.45) is 0 Å². The summed E-state index contributed by atoms with van der Waals surface area (Å²) in [5.41, 5.74) is 5.97. The minimum atomic E-state index is -0.176. The fraction of sp³-hybridized carbons (Fsp3) is 0.500. The van der Waals surface area contributed by atoms with Crippen LogP contribution in [0.1, 0.15) is 24.7 Å². The van der Waals surface area contributed by atoms with Gasteiger partial charge in [0.15, 0.2) is 0 Å². The van der Waals surface area contributed by atoms with Crippen LogP contribution in [0.3, 0.4) is 0 Å². The Morgan fingerprint density at radius 3 is 2.77 bits per heavy atom. The molecule has 72 valence electrons. The predicted octanol–water partition coefficient (Wildman–Crippen LogP) is 1.04. The number of nitrogen functional groups attached to an aromatic ring is 1. The van der Waals surface area contributed by atoms with E-state index in [1.807, 2.05) is 6.92 Å². The highest BCUT2D eigenvalue weighted by Gasteiger charge is 2.06. The van der Waals surface area contributed by atoms with Crippen molar-refractivity contribution in [1.29, 1.82) is 0 Å². The summed E-state index contributed by atoms with van der Waals surface area (Å²) in [7, 11) is 0. The molecule has 1 rings (SSSR count). The van der Waals surface area contributed by atoms with Gasteiger partial charge in [0.2, 0.25) is 0 Å². The standard InChI is InChI=1S/C8H12ClN3O/c1-2-3-5-7(10)11-6(4-9)12-8(5)13/h2-4H2,1H3,(H3,10,11,12,13). The third-order valence-corrected chi connectivity index (χ3v) is 1.98. The number of aromatic nitrogens is 2. The molecule has 0 atom stereocenters. The van der Waals surface area contributed by atoms with E-state index in [4.69, 9.17) is 17.3 Å². The lowest BCUT2D eigenvalue weighted by atomic mass is 10.2. The fourth-order valence-corrected chi connectivity index (χ4v) is 1.25. The van der Waals surface area contributed by atoms with Crippen LogP contribution >= 0.6 is 11.6 Å². The smallest absolute Gasteiger partial charge is 0.256 e. The van der Waals surface area contributed by atoms with Gasteiger partial charge in [0, 0.05) is 0 Å². The summed E-state index contributed by atoms with van der Waals surface area (Å²) in [5.74, 6) is 0.886. The molecule has 4 nitrogen and oxygen atoms in total. The second-order valence-electron chi connectivity index (χ2n) is 2.76. The van der Waals surface area contributed by atoms with Crippen LogP contribution in [0.4, 0.5) is 5.82 Å². The first-order valence-electron chi connectivity index (χ1n) is 4.12. The molecule has 1 aromatic rings. The molecule has 0 aliphatic carbocycles. The highest BCUT2D eigenvalue weighted by molar-refractivity contribution is 6.16. The molecular formula is C8H12ClN3O. The number of H-pyrrole nitrogens is 1. The van der Waals surface area contributed by atoms with Gasteiger partial charge in [0.05, 0.1) is 11.4 Å². The van der Waals surface area contributed by atoms with E-state index in [-0.39, 0.29) is 11.4 Å². The molecule has 13 heavy (non-hydrogen) atoms. The van der Waals surface area contributed by atoms with Crippen molar-refractivity contribution in [2.75, 3.05) is 5.73 Å². The van der Waals surface area contributed by atoms with E-state index < -0.39 is 0 Å². The Morgan fingerprint density at radius 1 is 1.62 bits per heavy atom. The van der Waals surface area contributed by atoms with Crippen LogP contribution in [0.2, 0.25) is 0 Å². The number of nitrogens with zero attached hydrogens (tertiary/aromatic N) is 1. The first-order chi connectivity index (χ1) is 6.19. The lowest BCUT2D eigenvalue weighted by molar-refractivity contribution is 0.873. The van der Waals surface area contributed by atoms with Crippen LogP contribution in [0.15, 0.2) is 4.79 Å². The number of halogens is 1. The number of rotatable bonds is 3. The van der Waals surface area contributed by atoms with E-state index in [1.165, 1.54) is 0 Å². The molecular weight excluding hydrogens is 190 g/mol. The van der Waals surface area contributed by atoms with Gasteiger partial charge in [-0.1, -0.05) is 13.3 Å². The van der Waals surface area contributed by atoms with Gasteiger partial charge in [0.1, 0.15) is 11.6 Å². The number of hydrogen-bond donors (Lipinski definition) is 2. The van der Waals surface area contributed by atoms with Crippen molar-refractivity contribution in [2.45, 2.75) is 25.6 Å². The quantitative estimate of drug-likeness (QED) is 0.718. The van der Waals surface area contributed by atoms with Crippen LogP contribution in [-0.2, 0) is 12.3 Å². The van der Waals surface area contributed by atoms with Crippen LogP contribution in [0, 0.1) is 0 Å². The van der Waals surface area contributed by atoms with Gasteiger partial charge >= 0.3 is 0 Å². The lowest BCUT2D eigenvalue weighted by Gasteiger charge is -2.03. The monoisotopic (exact) mass is 201 g/mol. The van der Waals surface area contributed by atoms with Gasteiger partial charge in [-0.05, 0) is 6.42 Å². The molecule has 0 bridgehead atoms. The lowest BCUT2D eigenvalue weighted by Crippen LogP contribution is -2.19. The van der Waals surface area contributed by atoms with Crippen LogP contribution < -0.4 is 11.3 Å². The minimum Gasteiger partial charge on any atom is -0.383 e. The van der Waals surface area contributed by atoms with E-state index in [9.17, 15) is 4.79 Å². The Labute approximate surface area is 81.1 Å². The van der Waals surface area contributed by atoms with E-state index in [1.54, 1.807) is 0 Å². The average molecular weight is 202 g/mol. The summed E-state index contributed by atoms with van der Waals surface area (Å²) in [6.45, 7) is 1.98. The molecule has 0 fully saturated rings. The highest BCUT2D eigenvalue weighted by Crippen LogP contribution is 2.06. The number of alkyl halides is 1. The molecule has 0 aromatic carbocycles. The molecule has 1 aromatic heterocycles. The molecule has 0 aliphatic heterocycles. The Bertz CT molecular complexity index is 348. The largest absolute Gasteiger partial charge is 0.383 e. The van der Waals surface area contributed by atoms with Gasteiger partial charge in [-0.25, -0.2) is 4.98 Å². The van der Waals surface area contributed by atoms with E-state index >= 15 is 0 Å². The number of nitrogens with two attached hydrogens (primary N) is 1. The van der Waals surface area contributed by atoms with Gasteiger partial charge in [-0.15, -0.1) is 11.6 Å². The number of hydrogen-bond acceptors (Lipinski definition) is 3. The van der Waals surface area contributed by atoms with Crippen molar-refractivity contribution in [3.63, 3.8) is 0 Å². The zero-order valence-electron chi connectivity index (χ0n) is 7.43. The van der Waals surface area contributed by atoms with E-state index in [2.05, 4.69) is 9.97 Å². The van der Waals surface area contributed by atoms with Crippen molar-refractivity contribution in [3.05, 3.63) is 21.7 Å². The summed E-state index contributed by atoms with van der Waals surface area (Å²) in [6.07, 6.45) is 1.52. The molecule has 0 saturated heterocycles. The highest BCUT2D eigenvalue weighted by atomic mass is 35.5. The second-order valence-corrected chi connectivity index (χ2v) is 3.03. The molecule has 1 heterocycles. The summed E-state index contributed by atoms with van der Waals surface area (Å²) < 4.78 is 0. The topological polar surface area (TPSA) is 71.8 Å². The first kappa shape index (κ1) is 10.1. The molecule has 0 unspecified atom stereocenters. The molecule has 0 saturated carbocycles. The van der Waals surface area contributed by atoms with Crippen molar-refractivity contribution < 1.29 is 0 Å². The molecule has 0 aliphatic rings. The Balaban J connectivity index is 3.15. The Morgan fingerprint density at radius 2 is 2.31 bits per heavy atom. The maximum atomic E-state index is 11.4. The maximum absolute atomic E-state index is 11.4. The van der Waals surface area contributed by atoms with Crippen LogP contribution in [0.25, 0.3) is 0 Å². The SMILES string of the molecule is CCCc1c(N)nc(CCl)[nH]c1=O. The number of nitrogens with one attached hydrogen (secondary N) is 1. The zero-order valence-corrected chi connectivity index (χ0v) is 8.19. The molecule has 0 amide bonds. The molecule has 3 N–H and O–H groups in total. The normalized spacial score (nSPS) is 10.3. The maximum Gasteiger partial charge on any atom is 0.256 e. The van der Waals surface area contributed by atoms with Crippen molar-refractivity contribution >= 4 is 17.4 Å².